The topological polar surface area (TPSA) is 42.7 Å². The van der Waals surface area contributed by atoms with E-state index in [0.717, 1.165) is 29.3 Å². The highest BCUT2D eigenvalue weighted by molar-refractivity contribution is 5.76. The van der Waals surface area contributed by atoms with E-state index in [1.165, 1.54) is 24.0 Å². The first-order valence-corrected chi connectivity index (χ1v) is 7.45. The normalized spacial score (nSPS) is 14.7. The van der Waals surface area contributed by atoms with E-state index in [4.69, 9.17) is 0 Å². The summed E-state index contributed by atoms with van der Waals surface area (Å²) >= 11 is 0. The zero-order chi connectivity index (χ0) is 14.2. The Hall–Kier alpha value is -2.20. The van der Waals surface area contributed by atoms with Crippen LogP contribution < -0.4 is 5.32 Å². The van der Waals surface area contributed by atoms with Gasteiger partial charge in [-0.3, -0.25) is 0 Å². The minimum absolute atomic E-state index is 0.740. The first-order chi connectivity index (χ1) is 10.3. The Morgan fingerprint density at radius 1 is 1.19 bits per heavy atom. The first-order valence-electron chi connectivity index (χ1n) is 7.45. The molecule has 1 aliphatic carbocycles. The summed E-state index contributed by atoms with van der Waals surface area (Å²) in [4.78, 5) is 0. The third kappa shape index (κ3) is 2.43. The minimum Gasteiger partial charge on any atom is -0.310 e. The van der Waals surface area contributed by atoms with Crippen molar-refractivity contribution < 1.29 is 0 Å². The van der Waals surface area contributed by atoms with Gasteiger partial charge in [0.15, 0.2) is 0 Å². The molecule has 1 N–H and O–H groups in total. The summed E-state index contributed by atoms with van der Waals surface area (Å²) in [7, 11) is 0. The molecule has 0 bridgehead atoms. The van der Waals surface area contributed by atoms with Gasteiger partial charge in [0, 0.05) is 12.6 Å². The van der Waals surface area contributed by atoms with Gasteiger partial charge in [-0.1, -0.05) is 29.5 Å². The molecular weight excluding hydrogens is 260 g/mol. The van der Waals surface area contributed by atoms with Crippen LogP contribution in [-0.4, -0.2) is 21.0 Å². The number of para-hydroxylation sites is 1. The summed E-state index contributed by atoms with van der Waals surface area (Å²) < 4.78 is 1.92. The average Bonchev–Trinajstić information content (AvgIpc) is 3.24. The highest BCUT2D eigenvalue weighted by atomic mass is 15.4. The Kier molecular flexibility index (Phi) is 2.97. The standard InChI is InChI=1S/C17H18N4/c1-12-10-13(11-18-14-7-8-14)6-9-16(12)21-17-5-3-2-4-15(17)19-20-21/h2-6,9-10,14,18H,7-8,11H2,1H3. The fraction of sp³-hybridized carbons (Fsp3) is 0.294. The largest absolute Gasteiger partial charge is 0.310 e. The van der Waals surface area contributed by atoms with Gasteiger partial charge in [-0.2, -0.15) is 0 Å². The molecule has 1 saturated carbocycles. The molecule has 1 aromatic heterocycles. The number of fused-ring (bicyclic) bond motifs is 1. The monoisotopic (exact) mass is 278 g/mol. The van der Waals surface area contributed by atoms with Crippen molar-refractivity contribution in [1.82, 2.24) is 20.3 Å². The highest BCUT2D eigenvalue weighted by Gasteiger charge is 2.20. The zero-order valence-electron chi connectivity index (χ0n) is 12.1. The van der Waals surface area contributed by atoms with Gasteiger partial charge in [-0.15, -0.1) is 5.10 Å². The number of benzene rings is 2. The molecule has 4 nitrogen and oxygen atoms in total. The summed E-state index contributed by atoms with van der Waals surface area (Å²) in [5.41, 5.74) is 5.62. The summed E-state index contributed by atoms with van der Waals surface area (Å²) in [6.45, 7) is 3.08. The molecule has 0 amide bonds. The average molecular weight is 278 g/mol. The molecule has 0 atom stereocenters. The molecule has 0 aliphatic heterocycles. The number of aryl methyl sites for hydroxylation is 1. The van der Waals surface area contributed by atoms with Crippen molar-refractivity contribution in [3.63, 3.8) is 0 Å². The maximum Gasteiger partial charge on any atom is 0.113 e. The van der Waals surface area contributed by atoms with E-state index in [1.807, 2.05) is 22.9 Å². The quantitative estimate of drug-likeness (QED) is 0.798. The molecule has 0 unspecified atom stereocenters. The van der Waals surface area contributed by atoms with E-state index in [-0.39, 0.29) is 0 Å². The van der Waals surface area contributed by atoms with Crippen molar-refractivity contribution in [2.24, 2.45) is 0 Å². The predicted octanol–water partition coefficient (Wildman–Crippen LogP) is 2.98. The number of nitrogens with zero attached hydrogens (tertiary/aromatic N) is 3. The van der Waals surface area contributed by atoms with Crippen molar-refractivity contribution in [3.8, 4) is 5.69 Å². The maximum atomic E-state index is 4.29. The molecule has 106 valence electrons. The van der Waals surface area contributed by atoms with E-state index < -0.39 is 0 Å². The Morgan fingerprint density at radius 3 is 2.86 bits per heavy atom. The number of aromatic nitrogens is 3. The second kappa shape index (κ2) is 4.97. The van der Waals surface area contributed by atoms with Gasteiger partial charge in [0.05, 0.1) is 11.2 Å². The van der Waals surface area contributed by atoms with Gasteiger partial charge in [-0.25, -0.2) is 4.68 Å². The molecule has 4 rings (SSSR count). The number of hydrogen-bond donors (Lipinski definition) is 1. The molecule has 4 heteroatoms. The number of rotatable bonds is 4. The van der Waals surface area contributed by atoms with Gasteiger partial charge in [0.1, 0.15) is 5.52 Å². The molecule has 2 aromatic carbocycles. The van der Waals surface area contributed by atoms with E-state index in [2.05, 4.69) is 46.8 Å². The molecule has 1 heterocycles. The van der Waals surface area contributed by atoms with Crippen molar-refractivity contribution in [3.05, 3.63) is 53.6 Å². The Labute approximate surface area is 123 Å². The summed E-state index contributed by atoms with van der Waals surface area (Å²) in [5, 5.41) is 12.1. The SMILES string of the molecule is Cc1cc(CNC2CC2)ccc1-n1nnc2ccccc21. The van der Waals surface area contributed by atoms with Gasteiger partial charge in [0.25, 0.3) is 0 Å². The lowest BCUT2D eigenvalue weighted by molar-refractivity contribution is 0.687. The smallest absolute Gasteiger partial charge is 0.113 e. The molecule has 3 aromatic rings. The van der Waals surface area contributed by atoms with Crippen LogP contribution in [0, 0.1) is 6.92 Å². The summed E-state index contributed by atoms with van der Waals surface area (Å²) in [5.74, 6) is 0. The van der Waals surface area contributed by atoms with Crippen LogP contribution in [0.15, 0.2) is 42.5 Å². The zero-order valence-corrected chi connectivity index (χ0v) is 12.1. The Morgan fingerprint density at radius 2 is 2.05 bits per heavy atom. The van der Waals surface area contributed by atoms with Crippen LogP contribution in [0.5, 0.6) is 0 Å². The Bertz CT molecular complexity index is 786. The van der Waals surface area contributed by atoms with Crippen LogP contribution in [0.4, 0.5) is 0 Å². The van der Waals surface area contributed by atoms with Gasteiger partial charge in [0.2, 0.25) is 0 Å². The molecule has 0 saturated heterocycles. The van der Waals surface area contributed by atoms with Crippen LogP contribution in [0.3, 0.4) is 0 Å². The van der Waals surface area contributed by atoms with Gasteiger partial charge in [-0.05, 0) is 49.1 Å². The summed E-state index contributed by atoms with van der Waals surface area (Å²) in [6, 6.07) is 15.3. The second-order valence-electron chi connectivity index (χ2n) is 5.77. The van der Waals surface area contributed by atoms with Crippen LogP contribution in [0.1, 0.15) is 24.0 Å². The van der Waals surface area contributed by atoms with E-state index in [0.29, 0.717) is 0 Å². The van der Waals surface area contributed by atoms with Crippen molar-refractivity contribution >= 4 is 11.0 Å². The molecule has 0 spiro atoms. The van der Waals surface area contributed by atoms with Crippen molar-refractivity contribution in [2.45, 2.75) is 32.4 Å². The van der Waals surface area contributed by atoms with Gasteiger partial charge >= 0.3 is 0 Å². The van der Waals surface area contributed by atoms with E-state index in [1.54, 1.807) is 0 Å². The minimum atomic E-state index is 0.740. The van der Waals surface area contributed by atoms with Crippen LogP contribution in [0.2, 0.25) is 0 Å². The number of nitrogens with one attached hydrogen (secondary N) is 1. The summed E-state index contributed by atoms with van der Waals surface area (Å²) in [6.07, 6.45) is 2.64. The molecule has 0 radical (unpaired) electrons. The third-order valence-electron chi connectivity index (χ3n) is 4.01. The fourth-order valence-corrected chi connectivity index (χ4v) is 2.66. The van der Waals surface area contributed by atoms with Crippen molar-refractivity contribution in [1.29, 1.82) is 0 Å². The third-order valence-corrected chi connectivity index (χ3v) is 4.01. The lowest BCUT2D eigenvalue weighted by Gasteiger charge is -2.09. The van der Waals surface area contributed by atoms with Crippen molar-refractivity contribution in [2.75, 3.05) is 0 Å². The first kappa shape index (κ1) is 12.5. The maximum absolute atomic E-state index is 4.29. The van der Waals surface area contributed by atoms with Crippen LogP contribution in [0.25, 0.3) is 16.7 Å². The molecule has 1 aliphatic rings. The number of hydrogen-bond acceptors (Lipinski definition) is 3. The van der Waals surface area contributed by atoms with Crippen LogP contribution in [-0.2, 0) is 6.54 Å². The second-order valence-corrected chi connectivity index (χ2v) is 5.77. The fourth-order valence-electron chi connectivity index (χ4n) is 2.66. The van der Waals surface area contributed by atoms with Crippen LogP contribution >= 0.6 is 0 Å². The predicted molar refractivity (Wildman–Crippen MR) is 83.5 cm³/mol. The highest BCUT2D eigenvalue weighted by Crippen LogP contribution is 2.22. The lowest BCUT2D eigenvalue weighted by Crippen LogP contribution is -2.15. The van der Waals surface area contributed by atoms with Gasteiger partial charge < -0.3 is 5.32 Å². The molecular formula is C17H18N4. The van der Waals surface area contributed by atoms with E-state index >= 15 is 0 Å². The molecule has 1 fully saturated rings. The lowest BCUT2D eigenvalue weighted by atomic mass is 10.1. The Balaban J connectivity index is 1.67. The molecule has 21 heavy (non-hydrogen) atoms. The van der Waals surface area contributed by atoms with E-state index in [9.17, 15) is 0 Å².